The van der Waals surface area contributed by atoms with Gasteiger partial charge in [-0.25, -0.2) is 0 Å². The molecule has 0 radical (unpaired) electrons. The standard InChI is InChI=1S/C7H10ClN5O/c1-14-4-2-13(3-4)7-10-6(9)5(8)11-12-7/h4H,2-3H2,1H3,(H2,9,10,12). The molecule has 1 aromatic heterocycles. The molecule has 0 unspecified atom stereocenters. The third kappa shape index (κ3) is 1.58. The minimum Gasteiger partial charge on any atom is -0.381 e. The van der Waals surface area contributed by atoms with Crippen LogP contribution in [0, 0.1) is 0 Å². The fourth-order valence-corrected chi connectivity index (χ4v) is 1.28. The van der Waals surface area contributed by atoms with Gasteiger partial charge in [0.15, 0.2) is 11.0 Å². The summed E-state index contributed by atoms with van der Waals surface area (Å²) < 4.78 is 5.12. The molecule has 76 valence electrons. The van der Waals surface area contributed by atoms with Crippen LogP contribution in [0.1, 0.15) is 0 Å². The summed E-state index contributed by atoms with van der Waals surface area (Å²) >= 11 is 5.60. The molecule has 0 spiro atoms. The van der Waals surface area contributed by atoms with E-state index in [4.69, 9.17) is 22.1 Å². The minimum absolute atomic E-state index is 0.137. The molecule has 7 heteroatoms. The summed E-state index contributed by atoms with van der Waals surface area (Å²) in [5.74, 6) is 0.706. The van der Waals surface area contributed by atoms with Crippen LogP contribution in [0.4, 0.5) is 11.8 Å². The lowest BCUT2D eigenvalue weighted by Gasteiger charge is -2.37. The maximum Gasteiger partial charge on any atom is 0.247 e. The lowest BCUT2D eigenvalue weighted by molar-refractivity contribution is 0.0777. The highest BCUT2D eigenvalue weighted by Gasteiger charge is 2.29. The van der Waals surface area contributed by atoms with Crippen molar-refractivity contribution in [1.82, 2.24) is 15.2 Å². The quantitative estimate of drug-likeness (QED) is 0.745. The molecule has 0 bridgehead atoms. The fourth-order valence-electron chi connectivity index (χ4n) is 1.20. The van der Waals surface area contributed by atoms with Crippen LogP contribution in [0.2, 0.25) is 5.15 Å². The number of nitrogen functional groups attached to an aromatic ring is 1. The molecule has 1 aromatic rings. The molecule has 6 nitrogen and oxygen atoms in total. The SMILES string of the molecule is COC1CN(c2nnc(Cl)c(N)n2)C1. The van der Waals surface area contributed by atoms with Gasteiger partial charge in [0.25, 0.3) is 0 Å². The predicted octanol–water partition coefficient (Wildman–Crippen LogP) is -0.0578. The van der Waals surface area contributed by atoms with Crippen molar-refractivity contribution in [2.75, 3.05) is 30.8 Å². The normalized spacial score (nSPS) is 16.9. The molecule has 0 amide bonds. The zero-order chi connectivity index (χ0) is 10.1. The summed E-state index contributed by atoms with van der Waals surface area (Å²) in [7, 11) is 1.68. The molecule has 2 heterocycles. The molecule has 1 fully saturated rings. The first-order valence-electron chi connectivity index (χ1n) is 4.14. The number of nitrogens with two attached hydrogens (primary N) is 1. The average molecular weight is 216 g/mol. The first-order chi connectivity index (χ1) is 6.70. The number of ether oxygens (including phenoxy) is 1. The van der Waals surface area contributed by atoms with E-state index >= 15 is 0 Å². The van der Waals surface area contributed by atoms with E-state index < -0.39 is 0 Å². The zero-order valence-electron chi connectivity index (χ0n) is 7.64. The second-order valence-corrected chi connectivity index (χ2v) is 3.41. The van der Waals surface area contributed by atoms with Crippen molar-refractivity contribution in [1.29, 1.82) is 0 Å². The monoisotopic (exact) mass is 215 g/mol. The van der Waals surface area contributed by atoms with Gasteiger partial charge in [0, 0.05) is 20.2 Å². The van der Waals surface area contributed by atoms with E-state index in [-0.39, 0.29) is 17.1 Å². The molecule has 1 aliphatic heterocycles. The van der Waals surface area contributed by atoms with Gasteiger partial charge < -0.3 is 15.4 Å². The third-order valence-corrected chi connectivity index (χ3v) is 2.39. The summed E-state index contributed by atoms with van der Waals surface area (Å²) in [4.78, 5) is 5.93. The summed E-state index contributed by atoms with van der Waals surface area (Å²) in [5, 5.41) is 7.64. The largest absolute Gasteiger partial charge is 0.381 e. The van der Waals surface area contributed by atoms with Crippen molar-refractivity contribution >= 4 is 23.4 Å². The topological polar surface area (TPSA) is 77.2 Å². The smallest absolute Gasteiger partial charge is 0.247 e. The Kier molecular flexibility index (Phi) is 2.39. The highest BCUT2D eigenvalue weighted by Crippen LogP contribution is 2.20. The van der Waals surface area contributed by atoms with E-state index in [1.54, 1.807) is 7.11 Å². The average Bonchev–Trinajstić information content (AvgIpc) is 2.09. The maximum atomic E-state index is 5.60. The van der Waals surface area contributed by atoms with Crippen LogP contribution in [0.3, 0.4) is 0 Å². The van der Waals surface area contributed by atoms with Crippen molar-refractivity contribution in [2.45, 2.75) is 6.10 Å². The molecule has 14 heavy (non-hydrogen) atoms. The molecular weight excluding hydrogens is 206 g/mol. The Labute approximate surface area is 86.0 Å². The van der Waals surface area contributed by atoms with Gasteiger partial charge in [-0.2, -0.15) is 4.98 Å². The summed E-state index contributed by atoms with van der Waals surface area (Å²) in [6, 6.07) is 0. The van der Waals surface area contributed by atoms with Crippen molar-refractivity contribution in [2.24, 2.45) is 0 Å². The molecule has 0 aromatic carbocycles. The maximum absolute atomic E-state index is 5.60. The van der Waals surface area contributed by atoms with Crippen molar-refractivity contribution in [3.05, 3.63) is 5.15 Å². The van der Waals surface area contributed by atoms with Crippen molar-refractivity contribution < 1.29 is 4.74 Å². The Hall–Kier alpha value is -1.14. The Morgan fingerprint density at radius 3 is 2.79 bits per heavy atom. The van der Waals surface area contributed by atoms with Crippen LogP contribution in [0.5, 0.6) is 0 Å². The molecule has 1 saturated heterocycles. The summed E-state index contributed by atoms with van der Waals surface area (Å²) in [6.07, 6.45) is 0.246. The number of hydrogen-bond acceptors (Lipinski definition) is 6. The highest BCUT2D eigenvalue weighted by molar-refractivity contribution is 6.31. The van der Waals surface area contributed by atoms with Crippen LogP contribution in [0.15, 0.2) is 0 Å². The Morgan fingerprint density at radius 1 is 1.50 bits per heavy atom. The Bertz CT molecular complexity index is 341. The van der Waals surface area contributed by atoms with E-state index in [2.05, 4.69) is 15.2 Å². The first kappa shape index (κ1) is 9.42. The number of hydrogen-bond donors (Lipinski definition) is 1. The number of anilines is 2. The number of aromatic nitrogens is 3. The molecule has 2 rings (SSSR count). The van der Waals surface area contributed by atoms with E-state index in [0.717, 1.165) is 13.1 Å². The molecular formula is C7H10ClN5O. The first-order valence-corrected chi connectivity index (χ1v) is 4.52. The fraction of sp³-hybridized carbons (Fsp3) is 0.571. The van der Waals surface area contributed by atoms with E-state index in [0.29, 0.717) is 5.95 Å². The van der Waals surface area contributed by atoms with Gasteiger partial charge >= 0.3 is 0 Å². The van der Waals surface area contributed by atoms with Crippen LogP contribution in [0.25, 0.3) is 0 Å². The number of halogens is 1. The third-order valence-electron chi connectivity index (χ3n) is 2.12. The van der Waals surface area contributed by atoms with E-state index in [1.165, 1.54) is 0 Å². The highest BCUT2D eigenvalue weighted by atomic mass is 35.5. The molecule has 0 aliphatic carbocycles. The van der Waals surface area contributed by atoms with Gasteiger partial charge in [0.2, 0.25) is 5.95 Å². The van der Waals surface area contributed by atoms with Crippen LogP contribution in [-0.4, -0.2) is 41.5 Å². The lowest BCUT2D eigenvalue weighted by atomic mass is 10.2. The number of methoxy groups -OCH3 is 1. The van der Waals surface area contributed by atoms with Gasteiger partial charge in [-0.05, 0) is 0 Å². The van der Waals surface area contributed by atoms with Gasteiger partial charge in [-0.15, -0.1) is 10.2 Å². The Balaban J connectivity index is 2.08. The van der Waals surface area contributed by atoms with Crippen LogP contribution < -0.4 is 10.6 Å². The van der Waals surface area contributed by atoms with E-state index in [9.17, 15) is 0 Å². The van der Waals surface area contributed by atoms with Crippen molar-refractivity contribution in [3.63, 3.8) is 0 Å². The van der Waals surface area contributed by atoms with Gasteiger partial charge in [-0.1, -0.05) is 11.6 Å². The molecule has 0 saturated carbocycles. The summed E-state index contributed by atoms with van der Waals surface area (Å²) in [5.41, 5.74) is 5.50. The minimum atomic E-state index is 0.137. The lowest BCUT2D eigenvalue weighted by Crippen LogP contribution is -2.52. The van der Waals surface area contributed by atoms with E-state index in [1.807, 2.05) is 4.90 Å². The van der Waals surface area contributed by atoms with Crippen LogP contribution in [-0.2, 0) is 4.74 Å². The van der Waals surface area contributed by atoms with Gasteiger partial charge in [0.05, 0.1) is 6.10 Å². The number of nitrogens with zero attached hydrogens (tertiary/aromatic N) is 4. The predicted molar refractivity (Wildman–Crippen MR) is 52.3 cm³/mol. The summed E-state index contributed by atoms with van der Waals surface area (Å²) in [6.45, 7) is 1.53. The number of rotatable bonds is 2. The molecule has 1 aliphatic rings. The van der Waals surface area contributed by atoms with Gasteiger partial charge in [0.1, 0.15) is 0 Å². The Morgan fingerprint density at radius 2 is 2.21 bits per heavy atom. The second-order valence-electron chi connectivity index (χ2n) is 3.05. The van der Waals surface area contributed by atoms with Gasteiger partial charge in [-0.3, -0.25) is 0 Å². The second kappa shape index (κ2) is 3.55. The zero-order valence-corrected chi connectivity index (χ0v) is 8.40. The molecule has 0 atom stereocenters. The van der Waals surface area contributed by atoms with Crippen LogP contribution >= 0.6 is 11.6 Å². The van der Waals surface area contributed by atoms with Crippen molar-refractivity contribution in [3.8, 4) is 0 Å². The molecule has 2 N–H and O–H groups in total.